The fraction of sp³-hybridized carbons (Fsp3) is 0. The van der Waals surface area contributed by atoms with Crippen LogP contribution in [0.4, 0.5) is 0 Å². The molecular weight excluding hydrogens is 251 g/mol. The zero-order valence-corrected chi connectivity index (χ0v) is 11.0. The molecule has 0 bridgehead atoms. The topological polar surface area (TPSA) is 0 Å². The average Bonchev–Trinajstić information content (AvgIpc) is 3.01. The molecular formula is C13H9PS2. The molecule has 0 atom stereocenters. The van der Waals surface area contributed by atoms with Crippen molar-refractivity contribution in [3.8, 4) is 20.6 Å². The predicted molar refractivity (Wildman–Crippen MR) is 75.6 cm³/mol. The van der Waals surface area contributed by atoms with E-state index in [1.54, 1.807) is 0 Å². The molecule has 0 nitrogen and oxygen atoms in total. The van der Waals surface area contributed by atoms with Crippen molar-refractivity contribution in [1.82, 2.24) is 0 Å². The van der Waals surface area contributed by atoms with E-state index < -0.39 is 0 Å². The van der Waals surface area contributed by atoms with Gasteiger partial charge in [-0.05, 0) is 30.4 Å². The van der Waals surface area contributed by atoms with Gasteiger partial charge in [-0.1, -0.05) is 36.4 Å². The van der Waals surface area contributed by atoms with Gasteiger partial charge >= 0.3 is 0 Å². The van der Waals surface area contributed by atoms with Gasteiger partial charge in [-0.25, -0.2) is 0 Å². The van der Waals surface area contributed by atoms with Crippen LogP contribution in [0.2, 0.25) is 0 Å². The largest absolute Gasteiger partial charge is 0.143 e. The lowest BCUT2D eigenvalue weighted by molar-refractivity contribution is 1.70. The molecule has 0 aliphatic carbocycles. The van der Waals surface area contributed by atoms with Gasteiger partial charge in [0.05, 0.1) is 0 Å². The smallest absolute Gasteiger partial charge is 0.0399 e. The lowest BCUT2D eigenvalue weighted by Gasteiger charge is -1.94. The van der Waals surface area contributed by atoms with Crippen molar-refractivity contribution in [2.24, 2.45) is 0 Å². The molecule has 78 valence electrons. The number of benzene rings is 1. The van der Waals surface area contributed by atoms with Crippen LogP contribution < -0.4 is 0 Å². The number of hydrogen-bond donors (Lipinski definition) is 0. The third-order valence-electron chi connectivity index (χ3n) is 2.34. The fourth-order valence-corrected chi connectivity index (χ4v) is 5.22. The molecule has 0 amide bonds. The molecule has 0 saturated carbocycles. The summed E-state index contributed by atoms with van der Waals surface area (Å²) in [5, 5.41) is 3.57. The maximum atomic E-state index is 2.31. The minimum atomic E-state index is 1.33. The van der Waals surface area contributed by atoms with E-state index in [1.165, 1.54) is 28.0 Å². The minimum absolute atomic E-state index is 1.33. The van der Waals surface area contributed by atoms with Crippen LogP contribution in [0, 0.1) is 0 Å². The Labute approximate surface area is 104 Å². The summed E-state index contributed by atoms with van der Waals surface area (Å²) in [6.07, 6.45) is 0. The molecule has 0 spiro atoms. The predicted octanol–water partition coefficient (Wildman–Crippen LogP) is 5.72. The van der Waals surface area contributed by atoms with E-state index in [-0.39, 0.29) is 0 Å². The highest BCUT2D eigenvalue weighted by atomic mass is 32.5. The van der Waals surface area contributed by atoms with Gasteiger partial charge in [-0.2, -0.15) is 0 Å². The van der Waals surface area contributed by atoms with Crippen LogP contribution in [-0.4, -0.2) is 0 Å². The van der Waals surface area contributed by atoms with Crippen LogP contribution >= 0.6 is 29.7 Å². The van der Waals surface area contributed by atoms with Crippen LogP contribution in [0.15, 0.2) is 53.9 Å². The van der Waals surface area contributed by atoms with Crippen LogP contribution in [0.3, 0.4) is 0 Å². The molecule has 0 saturated heterocycles. The summed E-state index contributed by atoms with van der Waals surface area (Å²) in [4.78, 5) is 2.77. The minimum Gasteiger partial charge on any atom is -0.143 e. The third-order valence-corrected chi connectivity index (χ3v) is 6.06. The van der Waals surface area contributed by atoms with E-state index >= 15 is 0 Å². The first-order chi connectivity index (χ1) is 7.93. The van der Waals surface area contributed by atoms with Crippen molar-refractivity contribution >= 4 is 29.7 Å². The zero-order valence-electron chi connectivity index (χ0n) is 8.46. The van der Waals surface area contributed by atoms with Crippen molar-refractivity contribution < 1.29 is 0 Å². The molecule has 3 aromatic rings. The second-order valence-corrected chi connectivity index (χ2v) is 6.75. The summed E-state index contributed by atoms with van der Waals surface area (Å²) in [5.74, 6) is 0. The summed E-state index contributed by atoms with van der Waals surface area (Å²) >= 11 is 1.82. The summed E-state index contributed by atoms with van der Waals surface area (Å²) in [6.45, 7) is 0. The molecule has 2 aromatic heterocycles. The van der Waals surface area contributed by atoms with Gasteiger partial charge in [0.2, 0.25) is 0 Å². The van der Waals surface area contributed by atoms with E-state index in [9.17, 15) is 0 Å². The van der Waals surface area contributed by atoms with E-state index in [0.29, 0.717) is 0 Å². The van der Waals surface area contributed by atoms with E-state index in [0.717, 1.165) is 0 Å². The quantitative estimate of drug-likeness (QED) is 0.552. The second-order valence-electron chi connectivity index (χ2n) is 3.42. The van der Waals surface area contributed by atoms with E-state index in [4.69, 9.17) is 0 Å². The monoisotopic (exact) mass is 260 g/mol. The summed E-state index contributed by atoms with van der Waals surface area (Å²) in [6, 6.07) is 17.2. The van der Waals surface area contributed by atoms with Crippen LogP contribution in [0.5, 0.6) is 0 Å². The van der Waals surface area contributed by atoms with Gasteiger partial charge in [0.1, 0.15) is 0 Å². The van der Waals surface area contributed by atoms with Crippen molar-refractivity contribution in [2.45, 2.75) is 0 Å². The first-order valence-electron chi connectivity index (χ1n) is 4.99. The Kier molecular flexibility index (Phi) is 2.88. The third kappa shape index (κ3) is 1.97. The van der Waals surface area contributed by atoms with Gasteiger partial charge in [0.15, 0.2) is 0 Å². The summed E-state index contributed by atoms with van der Waals surface area (Å²) in [7, 11) is 3.26. The Balaban J connectivity index is 2.00. The van der Waals surface area contributed by atoms with Gasteiger partial charge in [0.25, 0.3) is 0 Å². The van der Waals surface area contributed by atoms with E-state index in [2.05, 4.69) is 53.9 Å². The molecule has 0 radical (unpaired) electrons. The Bertz CT molecular complexity index is 567. The van der Waals surface area contributed by atoms with Crippen LogP contribution in [-0.2, 0) is 0 Å². The molecule has 2 heterocycles. The molecule has 0 fully saturated rings. The Hall–Kier alpha value is -0.950. The maximum Gasteiger partial charge on any atom is 0.0399 e. The highest BCUT2D eigenvalue weighted by Gasteiger charge is 2.05. The molecule has 16 heavy (non-hydrogen) atoms. The van der Waals surface area contributed by atoms with Crippen molar-refractivity contribution in [3.05, 3.63) is 53.9 Å². The normalized spacial score (nSPS) is 11.0. The molecule has 3 heteroatoms. The Morgan fingerprint density at radius 3 is 2.50 bits per heavy atom. The number of rotatable bonds is 2. The first-order valence-corrected chi connectivity index (χ1v) is 8.19. The van der Waals surface area contributed by atoms with Gasteiger partial charge in [0, 0.05) is 15.0 Å². The molecule has 1 aromatic carbocycles. The lowest BCUT2D eigenvalue weighted by atomic mass is 10.2. The molecule has 3 rings (SSSR count). The van der Waals surface area contributed by atoms with Crippen molar-refractivity contribution in [1.29, 1.82) is 0 Å². The number of hydrogen-bond acceptors (Lipinski definition) is 2. The van der Waals surface area contributed by atoms with Crippen LogP contribution in [0.1, 0.15) is 0 Å². The zero-order chi connectivity index (χ0) is 10.8. The first kappa shape index (κ1) is 10.2. The number of thiophene rings is 1. The Morgan fingerprint density at radius 2 is 1.75 bits per heavy atom. The lowest BCUT2D eigenvalue weighted by Crippen LogP contribution is -1.68. The van der Waals surface area contributed by atoms with Gasteiger partial charge < -0.3 is 0 Å². The summed E-state index contributed by atoms with van der Waals surface area (Å²) in [5.41, 5.74) is 1.33. The van der Waals surface area contributed by atoms with Crippen molar-refractivity contribution in [3.63, 3.8) is 0 Å². The maximum absolute atomic E-state index is 2.31. The molecule has 0 N–H and O–H groups in total. The SMILES string of the molecule is c1ccc(-c2cc(-c3cccs3)ps2)cc1. The molecule has 0 aliphatic heterocycles. The average molecular weight is 260 g/mol. The van der Waals surface area contributed by atoms with E-state index in [1.807, 2.05) is 22.3 Å². The van der Waals surface area contributed by atoms with Gasteiger partial charge in [-0.3, -0.25) is 0 Å². The summed E-state index contributed by atoms with van der Waals surface area (Å²) < 4.78 is 0. The van der Waals surface area contributed by atoms with Crippen molar-refractivity contribution in [2.75, 3.05) is 0 Å². The second kappa shape index (κ2) is 4.50. The highest BCUT2D eigenvalue weighted by Crippen LogP contribution is 2.42. The molecule has 0 unspecified atom stereocenters. The van der Waals surface area contributed by atoms with Crippen LogP contribution in [0.25, 0.3) is 20.6 Å². The fourth-order valence-electron chi connectivity index (χ4n) is 1.55. The standard InChI is InChI=1S/C13H9PS2/c1-2-5-10(6-3-1)13-9-11(14-16-13)12-7-4-8-15-12/h1-9H. The Morgan fingerprint density at radius 1 is 0.875 bits per heavy atom. The van der Waals surface area contributed by atoms with Gasteiger partial charge in [-0.15, -0.1) is 22.3 Å². The highest BCUT2D eigenvalue weighted by molar-refractivity contribution is 7.83. The molecule has 0 aliphatic rings.